The van der Waals surface area contributed by atoms with E-state index in [1.165, 1.54) is 27.9 Å². The van der Waals surface area contributed by atoms with Crippen LogP contribution in [0, 0.1) is 27.7 Å². The quantitative estimate of drug-likeness (QED) is 0.719. The number of aryl methyl sites for hydroxylation is 2. The van der Waals surface area contributed by atoms with Gasteiger partial charge in [-0.2, -0.15) is 5.10 Å². The maximum Gasteiger partial charge on any atom is 0.122 e. The van der Waals surface area contributed by atoms with Gasteiger partial charge in [-0.05, 0) is 63.8 Å². The van der Waals surface area contributed by atoms with Gasteiger partial charge in [0.25, 0.3) is 0 Å². The van der Waals surface area contributed by atoms with Crippen molar-refractivity contribution in [3.8, 4) is 5.75 Å². The normalized spacial score (nSPS) is 18.2. The minimum atomic E-state index is 0.224. The highest BCUT2D eigenvalue weighted by molar-refractivity contribution is 5.43. The van der Waals surface area contributed by atoms with Crippen molar-refractivity contribution in [2.45, 2.75) is 66.7 Å². The van der Waals surface area contributed by atoms with Crippen molar-refractivity contribution >= 4 is 0 Å². The van der Waals surface area contributed by atoms with Crippen LogP contribution in [0.2, 0.25) is 0 Å². The van der Waals surface area contributed by atoms with Gasteiger partial charge in [0.1, 0.15) is 5.75 Å². The van der Waals surface area contributed by atoms with E-state index in [2.05, 4.69) is 66.3 Å². The van der Waals surface area contributed by atoms with Gasteiger partial charge in [0.15, 0.2) is 0 Å². The summed E-state index contributed by atoms with van der Waals surface area (Å²) < 4.78 is 7.57. The average Bonchev–Trinajstić information content (AvgIpc) is 3.01. The Labute approximate surface area is 181 Å². The molecule has 1 aromatic heterocycles. The molecule has 1 atom stereocenters. The fourth-order valence-corrected chi connectivity index (χ4v) is 4.69. The number of aliphatic hydroxyl groups excluding tert-OH is 1. The van der Waals surface area contributed by atoms with E-state index in [9.17, 15) is 5.11 Å². The maximum absolute atomic E-state index is 9.69. The highest BCUT2D eigenvalue weighted by atomic mass is 16.5. The second-order valence-corrected chi connectivity index (χ2v) is 8.51. The Bertz CT molecular complexity index is 861. The van der Waals surface area contributed by atoms with Crippen LogP contribution < -0.4 is 4.74 Å². The largest absolute Gasteiger partial charge is 0.496 e. The van der Waals surface area contributed by atoms with E-state index in [-0.39, 0.29) is 6.61 Å². The lowest BCUT2D eigenvalue weighted by Crippen LogP contribution is -2.52. The molecule has 1 fully saturated rings. The van der Waals surface area contributed by atoms with Crippen LogP contribution in [-0.2, 0) is 19.6 Å². The molecule has 3 rings (SSSR count). The summed E-state index contributed by atoms with van der Waals surface area (Å²) in [6, 6.07) is 4.62. The maximum atomic E-state index is 9.69. The zero-order chi connectivity index (χ0) is 21.8. The number of benzene rings is 1. The van der Waals surface area contributed by atoms with Crippen LogP contribution in [-0.4, -0.2) is 64.1 Å². The zero-order valence-electron chi connectivity index (χ0n) is 19.5. The standard InChI is InChI=1S/C24H38N4O2/c1-7-28-20(5)23(19(4)25-28)16-26-11-12-27(22(15-26)10-13-29)14-21-8-9-24(30-6)18(3)17(21)2/h8-9,22,29H,7,10-16H2,1-6H3/t22-/m0/s1. The van der Waals surface area contributed by atoms with E-state index in [0.717, 1.165) is 57.1 Å². The Kier molecular flexibility index (Phi) is 7.55. The van der Waals surface area contributed by atoms with Crippen molar-refractivity contribution in [1.82, 2.24) is 19.6 Å². The van der Waals surface area contributed by atoms with Crippen LogP contribution in [0.4, 0.5) is 0 Å². The van der Waals surface area contributed by atoms with Gasteiger partial charge >= 0.3 is 0 Å². The second kappa shape index (κ2) is 9.94. The summed E-state index contributed by atoms with van der Waals surface area (Å²) in [5, 5.41) is 14.4. The summed E-state index contributed by atoms with van der Waals surface area (Å²) in [6.45, 7) is 16.8. The number of aliphatic hydroxyl groups is 1. The Hall–Kier alpha value is -1.89. The number of hydrogen-bond acceptors (Lipinski definition) is 5. The van der Waals surface area contributed by atoms with Gasteiger partial charge in [-0.3, -0.25) is 14.5 Å². The van der Waals surface area contributed by atoms with E-state index in [1.54, 1.807) is 7.11 Å². The molecule has 30 heavy (non-hydrogen) atoms. The van der Waals surface area contributed by atoms with Crippen molar-refractivity contribution in [2.75, 3.05) is 33.4 Å². The molecule has 1 aliphatic heterocycles. The van der Waals surface area contributed by atoms with Crippen molar-refractivity contribution < 1.29 is 9.84 Å². The third kappa shape index (κ3) is 4.71. The van der Waals surface area contributed by atoms with Gasteiger partial charge in [-0.1, -0.05) is 6.07 Å². The average molecular weight is 415 g/mol. The number of aromatic nitrogens is 2. The molecule has 1 aliphatic rings. The lowest BCUT2D eigenvalue weighted by molar-refractivity contribution is 0.0496. The molecule has 0 saturated carbocycles. The van der Waals surface area contributed by atoms with E-state index < -0.39 is 0 Å². The minimum absolute atomic E-state index is 0.224. The molecular weight excluding hydrogens is 376 g/mol. The van der Waals surface area contributed by atoms with Gasteiger partial charge in [-0.15, -0.1) is 0 Å². The molecule has 1 saturated heterocycles. The van der Waals surface area contributed by atoms with Gasteiger partial charge in [0, 0.05) is 63.2 Å². The fourth-order valence-electron chi connectivity index (χ4n) is 4.69. The number of piperazine rings is 1. The summed E-state index contributed by atoms with van der Waals surface area (Å²) in [5.41, 5.74) is 7.64. The Morgan fingerprint density at radius 1 is 1.10 bits per heavy atom. The van der Waals surface area contributed by atoms with Crippen LogP contribution in [0.1, 0.15) is 47.0 Å². The van der Waals surface area contributed by atoms with Crippen molar-refractivity contribution in [1.29, 1.82) is 0 Å². The first-order chi connectivity index (χ1) is 14.4. The molecule has 2 aromatic rings. The topological polar surface area (TPSA) is 53.8 Å². The molecule has 1 N–H and O–H groups in total. The number of methoxy groups -OCH3 is 1. The van der Waals surface area contributed by atoms with E-state index in [1.807, 2.05) is 0 Å². The van der Waals surface area contributed by atoms with Crippen LogP contribution >= 0.6 is 0 Å². The van der Waals surface area contributed by atoms with Crippen LogP contribution in [0.15, 0.2) is 12.1 Å². The third-order valence-corrected chi connectivity index (χ3v) is 6.81. The fraction of sp³-hybridized carbons (Fsp3) is 0.625. The van der Waals surface area contributed by atoms with Crippen molar-refractivity contribution in [3.63, 3.8) is 0 Å². The highest BCUT2D eigenvalue weighted by Gasteiger charge is 2.28. The molecule has 6 nitrogen and oxygen atoms in total. The Morgan fingerprint density at radius 3 is 2.50 bits per heavy atom. The zero-order valence-corrected chi connectivity index (χ0v) is 19.5. The molecule has 0 spiro atoms. The number of ether oxygens (including phenoxy) is 1. The van der Waals surface area contributed by atoms with Crippen LogP contribution in [0.5, 0.6) is 5.75 Å². The summed E-state index contributed by atoms with van der Waals surface area (Å²) in [6.07, 6.45) is 0.802. The van der Waals surface area contributed by atoms with Crippen molar-refractivity contribution in [3.05, 3.63) is 45.8 Å². The molecule has 0 unspecified atom stereocenters. The summed E-state index contributed by atoms with van der Waals surface area (Å²) >= 11 is 0. The molecule has 0 aliphatic carbocycles. The Morgan fingerprint density at radius 2 is 1.87 bits per heavy atom. The number of nitrogens with zero attached hydrogens (tertiary/aromatic N) is 4. The minimum Gasteiger partial charge on any atom is -0.496 e. The lowest BCUT2D eigenvalue weighted by atomic mass is 10.00. The van der Waals surface area contributed by atoms with Crippen LogP contribution in [0.25, 0.3) is 0 Å². The monoisotopic (exact) mass is 414 g/mol. The summed E-state index contributed by atoms with van der Waals surface area (Å²) in [4.78, 5) is 5.07. The molecule has 6 heteroatoms. The van der Waals surface area contributed by atoms with Crippen LogP contribution in [0.3, 0.4) is 0 Å². The van der Waals surface area contributed by atoms with E-state index >= 15 is 0 Å². The molecule has 166 valence electrons. The van der Waals surface area contributed by atoms with E-state index in [0.29, 0.717) is 6.04 Å². The first-order valence-electron chi connectivity index (χ1n) is 11.1. The number of rotatable bonds is 8. The van der Waals surface area contributed by atoms with Gasteiger partial charge < -0.3 is 9.84 Å². The van der Waals surface area contributed by atoms with E-state index in [4.69, 9.17) is 4.74 Å². The number of hydrogen-bond donors (Lipinski definition) is 1. The van der Waals surface area contributed by atoms with Gasteiger partial charge in [0.05, 0.1) is 12.8 Å². The lowest BCUT2D eigenvalue weighted by Gasteiger charge is -2.41. The summed E-state index contributed by atoms with van der Waals surface area (Å²) in [5.74, 6) is 0.950. The first-order valence-corrected chi connectivity index (χ1v) is 11.1. The smallest absolute Gasteiger partial charge is 0.122 e. The molecule has 0 bridgehead atoms. The predicted octanol–water partition coefficient (Wildman–Crippen LogP) is 3.21. The molecule has 2 heterocycles. The first kappa shape index (κ1) is 22.8. The highest BCUT2D eigenvalue weighted by Crippen LogP contribution is 2.27. The van der Waals surface area contributed by atoms with Crippen molar-refractivity contribution in [2.24, 2.45) is 0 Å². The van der Waals surface area contributed by atoms with Gasteiger partial charge in [0.2, 0.25) is 0 Å². The predicted molar refractivity (Wildman–Crippen MR) is 121 cm³/mol. The molecular formula is C24H38N4O2. The SMILES string of the molecule is CCn1nc(C)c(CN2CCN(Cc3ccc(OC)c(C)c3C)[C@@H](CCO)C2)c1C. The summed E-state index contributed by atoms with van der Waals surface area (Å²) in [7, 11) is 1.73. The third-order valence-electron chi connectivity index (χ3n) is 6.81. The molecule has 0 amide bonds. The molecule has 1 aromatic carbocycles. The second-order valence-electron chi connectivity index (χ2n) is 8.51. The van der Waals surface area contributed by atoms with Gasteiger partial charge in [-0.25, -0.2) is 0 Å². The Balaban J connectivity index is 1.72. The molecule has 0 radical (unpaired) electrons.